The summed E-state index contributed by atoms with van der Waals surface area (Å²) in [5, 5.41) is 33.6. The van der Waals surface area contributed by atoms with Crippen molar-refractivity contribution in [1.29, 1.82) is 0 Å². The summed E-state index contributed by atoms with van der Waals surface area (Å²) >= 11 is 6.66. The van der Waals surface area contributed by atoms with Gasteiger partial charge in [0, 0.05) is 98.8 Å². The Bertz CT molecular complexity index is 3960. The van der Waals surface area contributed by atoms with E-state index in [1.807, 2.05) is 19.1 Å². The lowest BCUT2D eigenvalue weighted by molar-refractivity contribution is -0.139. The largest absolute Gasteiger partial charge is 0.508 e. The summed E-state index contributed by atoms with van der Waals surface area (Å²) in [5.41, 5.74) is 15.1. The number of carboxylic acid groups (broad SMARTS) is 1. The number of nitrogens with zero attached hydrogens (tertiary/aromatic N) is 6. The molecule has 2 aliphatic rings. The monoisotopic (exact) mass is 1370 g/mol. The van der Waals surface area contributed by atoms with Crippen molar-refractivity contribution in [3.8, 4) is 11.5 Å². The first-order chi connectivity index (χ1) is 46.9. The topological polar surface area (TPSA) is 408 Å². The van der Waals surface area contributed by atoms with Crippen molar-refractivity contribution >= 4 is 111 Å². The molecule has 4 heterocycles. The van der Waals surface area contributed by atoms with Crippen LogP contribution in [0.5, 0.6) is 11.5 Å². The number of anilines is 3. The normalized spacial score (nSPS) is 14.1. The standard InChI is InChI=1S/C67H78ClN13O17/c1-39(2)58(76-65(92)96-32-31-95-30-29-80-54(83)23-24-55(80)84)61(87)75-49(12-8-25-71-64(70)91)60(86)72-44-17-13-41(14-18-44)38-97-66(93)77(4)27-28-78(26-6-5-11-48(69)63(89)90)67(94)98-52-33-51-57(56-40(3)9-7-10-47(52)56)43(34-68)35-81(51)62(88)50-37-79-36-45(19-22-53(79)74-50)73-59(85)42-15-20-46(82)21-16-42/h7,9-10,13-24,33,36-37,39,43,48-49,58,82H,5-6,8,11-12,25-32,34-35,38,69H2,1-4H3,(H,72,86)(H,73,85)(H,75,87)(H,76,92)(H,89,90)(H3,70,71,91)/t43-,48+,49+,58+/m1/s1. The van der Waals surface area contributed by atoms with Gasteiger partial charge in [0.2, 0.25) is 11.8 Å². The number of benzene rings is 4. The Morgan fingerprint density at radius 3 is 2.21 bits per heavy atom. The van der Waals surface area contributed by atoms with E-state index in [1.165, 1.54) is 47.3 Å². The van der Waals surface area contributed by atoms with E-state index >= 15 is 0 Å². The number of carbonyl (C=O) groups is 11. The second-order valence-corrected chi connectivity index (χ2v) is 23.9. The van der Waals surface area contributed by atoms with Gasteiger partial charge in [-0.05, 0) is 116 Å². The molecule has 11 N–H and O–H groups in total. The summed E-state index contributed by atoms with van der Waals surface area (Å²) in [6.07, 6.45) is 3.94. The van der Waals surface area contributed by atoms with Crippen molar-refractivity contribution in [2.24, 2.45) is 17.4 Å². The van der Waals surface area contributed by atoms with Gasteiger partial charge in [-0.3, -0.25) is 38.5 Å². The number of aliphatic carboxylic acids is 1. The zero-order valence-corrected chi connectivity index (χ0v) is 55.1. The maximum absolute atomic E-state index is 14.7. The number of aromatic nitrogens is 2. The number of carboxylic acids is 1. The number of phenols is 1. The fourth-order valence-electron chi connectivity index (χ4n) is 10.8. The number of halogens is 1. The summed E-state index contributed by atoms with van der Waals surface area (Å²) in [5.74, 6) is -4.87. The average molecular weight is 1370 g/mol. The van der Waals surface area contributed by atoms with Gasteiger partial charge in [0.25, 0.3) is 23.6 Å². The number of hydrogen-bond acceptors (Lipinski definition) is 18. The Balaban J connectivity index is 0.886. The lowest BCUT2D eigenvalue weighted by atomic mass is 9.92. The van der Waals surface area contributed by atoms with Gasteiger partial charge in [0.05, 0.1) is 31.1 Å². The summed E-state index contributed by atoms with van der Waals surface area (Å²) in [7, 11) is 1.47. The molecule has 0 radical (unpaired) electrons. The van der Waals surface area contributed by atoms with Crippen LogP contribution >= 0.6 is 11.6 Å². The molecule has 31 heteroatoms. The molecule has 30 nitrogen and oxygen atoms in total. The molecule has 2 aromatic heterocycles. The number of imide groups is 1. The van der Waals surface area contributed by atoms with Crippen LogP contribution in [0.25, 0.3) is 16.4 Å². The molecule has 0 bridgehead atoms. The number of nitrogens with two attached hydrogens (primary N) is 2. The molecule has 8 rings (SSSR count). The molecule has 2 aliphatic heterocycles. The predicted octanol–water partition coefficient (Wildman–Crippen LogP) is 5.95. The van der Waals surface area contributed by atoms with Gasteiger partial charge < -0.3 is 86.3 Å². The zero-order valence-electron chi connectivity index (χ0n) is 54.3. The van der Waals surface area contributed by atoms with Crippen LogP contribution in [0.4, 0.5) is 36.2 Å². The lowest BCUT2D eigenvalue weighted by Gasteiger charge is -2.26. The fourth-order valence-corrected chi connectivity index (χ4v) is 11.1. The van der Waals surface area contributed by atoms with Gasteiger partial charge in [-0.1, -0.05) is 44.2 Å². The SMILES string of the molecule is Cc1cccc2c(OC(=O)N(CCCC[C@H](N)C(=O)O)CCN(C)C(=O)OCc3ccc(NC(=O)[C@H](CCCNC(N)=O)NC(=O)[C@@H](NC(=O)OCCOCCN4C(=O)C=CC4=O)C(C)C)cc3)cc3c(c12)[C@H](CCl)CN3C(=O)c1cn2cc(NC(=O)c3ccc(O)cc3)ccc2n1. The number of alkyl halides is 1. The van der Waals surface area contributed by atoms with E-state index in [9.17, 15) is 63.0 Å². The van der Waals surface area contributed by atoms with Crippen molar-refractivity contribution in [2.75, 3.05) is 87.6 Å². The van der Waals surface area contributed by atoms with Crippen molar-refractivity contribution in [3.05, 3.63) is 137 Å². The first-order valence-corrected chi connectivity index (χ1v) is 32.1. The highest BCUT2D eigenvalue weighted by Crippen LogP contribution is 2.47. The Hall–Kier alpha value is -10.9. The second-order valence-electron chi connectivity index (χ2n) is 23.6. The number of carbonyl (C=O) groups excluding carboxylic acids is 10. The molecule has 0 spiro atoms. The second kappa shape index (κ2) is 34.2. The molecule has 0 fully saturated rings. The smallest absolute Gasteiger partial charge is 0.415 e. The minimum atomic E-state index is -1.17. The van der Waals surface area contributed by atoms with E-state index in [0.29, 0.717) is 52.1 Å². The maximum Gasteiger partial charge on any atom is 0.415 e. The van der Waals surface area contributed by atoms with Gasteiger partial charge in [0.15, 0.2) is 0 Å². The number of aromatic hydroxyl groups is 1. The number of unbranched alkanes of at least 4 members (excludes halogenated alkanes) is 1. The van der Waals surface area contributed by atoms with E-state index < -0.39 is 89.8 Å². The predicted molar refractivity (Wildman–Crippen MR) is 359 cm³/mol. The van der Waals surface area contributed by atoms with E-state index in [0.717, 1.165) is 33.6 Å². The van der Waals surface area contributed by atoms with Crippen molar-refractivity contribution < 1.29 is 81.9 Å². The molecule has 0 unspecified atom stereocenters. The third-order valence-electron chi connectivity index (χ3n) is 16.2. The molecule has 11 amide bonds. The Kier molecular flexibility index (Phi) is 25.5. The van der Waals surface area contributed by atoms with E-state index in [-0.39, 0.29) is 114 Å². The van der Waals surface area contributed by atoms with Crippen LogP contribution < -0.4 is 47.7 Å². The number of rotatable bonds is 32. The molecule has 0 saturated carbocycles. The number of likely N-dealkylation sites (N-methyl/N-ethyl adjacent to an activating group) is 1. The average Bonchev–Trinajstić information content (AvgIpc) is 1.53. The number of hydrogen-bond donors (Lipinski definition) is 9. The number of alkyl carbamates (subject to hydrolysis) is 1. The van der Waals surface area contributed by atoms with Gasteiger partial charge in [-0.2, -0.15) is 0 Å². The third kappa shape index (κ3) is 19.4. The van der Waals surface area contributed by atoms with Crippen LogP contribution in [0.2, 0.25) is 0 Å². The third-order valence-corrected chi connectivity index (χ3v) is 16.5. The fraction of sp³-hybridized carbons (Fsp3) is 0.373. The van der Waals surface area contributed by atoms with Crippen LogP contribution in [0, 0.1) is 12.8 Å². The lowest BCUT2D eigenvalue weighted by Crippen LogP contribution is -2.54. The minimum Gasteiger partial charge on any atom is -0.508 e. The summed E-state index contributed by atoms with van der Waals surface area (Å²) in [6, 6.07) is 18.2. The van der Waals surface area contributed by atoms with Crippen molar-refractivity contribution in [1.82, 2.24) is 40.0 Å². The number of fused-ring (bicyclic) bond motifs is 4. The highest BCUT2D eigenvalue weighted by molar-refractivity contribution is 6.19. The summed E-state index contributed by atoms with van der Waals surface area (Å²) in [4.78, 5) is 152. The molecule has 4 atom stereocenters. The highest BCUT2D eigenvalue weighted by Gasteiger charge is 2.38. The number of primary amides is 1. The quantitative estimate of drug-likeness (QED) is 0.0134. The van der Waals surface area contributed by atoms with Crippen LogP contribution in [0.1, 0.15) is 89.4 Å². The number of aryl methyl sites for hydroxylation is 1. The van der Waals surface area contributed by atoms with E-state index in [1.54, 1.807) is 77.9 Å². The van der Waals surface area contributed by atoms with Crippen molar-refractivity contribution in [2.45, 2.75) is 83.5 Å². The number of amides is 11. The summed E-state index contributed by atoms with van der Waals surface area (Å²) in [6.45, 7) is 4.93. The number of urea groups is 1. The number of imidazole rings is 1. The Morgan fingerprint density at radius 2 is 1.52 bits per heavy atom. The number of ether oxygens (including phenoxy) is 4. The highest BCUT2D eigenvalue weighted by atomic mass is 35.5. The van der Waals surface area contributed by atoms with E-state index in [2.05, 4.69) is 31.6 Å². The number of pyridine rings is 1. The molecule has 520 valence electrons. The number of phenolic OH excluding ortho intramolecular Hbond substituents is 1. The van der Waals surface area contributed by atoms with Crippen LogP contribution in [-0.4, -0.2) is 190 Å². The van der Waals surface area contributed by atoms with Gasteiger partial charge in [0.1, 0.15) is 54.2 Å². The molecule has 0 aliphatic carbocycles. The molecule has 4 aromatic carbocycles. The Morgan fingerprint density at radius 1 is 0.796 bits per heavy atom. The first-order valence-electron chi connectivity index (χ1n) is 31.5. The maximum atomic E-state index is 14.7. The van der Waals surface area contributed by atoms with Crippen LogP contribution in [0.15, 0.2) is 109 Å². The molecular formula is C67H78ClN13O17. The van der Waals surface area contributed by atoms with Crippen molar-refractivity contribution in [3.63, 3.8) is 0 Å². The molecule has 6 aromatic rings. The van der Waals surface area contributed by atoms with E-state index in [4.69, 9.17) is 42.0 Å². The van der Waals surface area contributed by atoms with Crippen LogP contribution in [-0.2, 0) is 44.8 Å². The van der Waals surface area contributed by atoms with Gasteiger partial charge >= 0.3 is 30.3 Å². The minimum absolute atomic E-state index is 0.00255. The van der Waals surface area contributed by atoms with Crippen LogP contribution in [0.3, 0.4) is 0 Å². The molecule has 0 saturated heterocycles. The molecular weight excluding hydrogens is 1290 g/mol. The Labute approximate surface area is 567 Å². The van der Waals surface area contributed by atoms with Gasteiger partial charge in [-0.15, -0.1) is 11.6 Å². The first kappa shape index (κ1) is 73.0. The number of nitrogens with one attached hydrogen (secondary N) is 5. The summed E-state index contributed by atoms with van der Waals surface area (Å²) < 4.78 is 24.1. The van der Waals surface area contributed by atoms with Gasteiger partial charge in [-0.25, -0.2) is 24.2 Å². The molecule has 98 heavy (non-hydrogen) atoms. The zero-order chi connectivity index (χ0) is 70.7.